The number of anilines is 1. The Bertz CT molecular complexity index is 1120. The number of aromatic nitrogens is 1. The molecule has 3 N–H and O–H groups in total. The fraction of sp³-hybridized carbons (Fsp3) is 0.346. The third-order valence-corrected chi connectivity index (χ3v) is 5.98. The van der Waals surface area contributed by atoms with Crippen LogP contribution in [0.3, 0.4) is 0 Å². The number of hydrogen-bond acceptors (Lipinski definition) is 6. The number of aliphatic carboxylic acids is 1. The second kappa shape index (κ2) is 10.5. The molecule has 0 aliphatic heterocycles. The van der Waals surface area contributed by atoms with E-state index in [2.05, 4.69) is 15.8 Å². The van der Waals surface area contributed by atoms with Gasteiger partial charge >= 0.3 is 12.1 Å². The minimum absolute atomic E-state index is 0.411. The summed E-state index contributed by atoms with van der Waals surface area (Å²) in [6.45, 7) is 4.00. The number of nitrogens with one attached hydrogen (secondary N) is 2. The average Bonchev–Trinajstić information content (AvgIpc) is 3.59. The van der Waals surface area contributed by atoms with Gasteiger partial charge in [0.05, 0.1) is 0 Å². The first-order valence-electron chi connectivity index (χ1n) is 11.4. The first-order chi connectivity index (χ1) is 16.4. The highest BCUT2D eigenvalue weighted by molar-refractivity contribution is 5.90. The number of aryl methyl sites for hydroxylation is 1. The predicted molar refractivity (Wildman–Crippen MR) is 127 cm³/mol. The van der Waals surface area contributed by atoms with E-state index in [1.807, 2.05) is 61.5 Å². The summed E-state index contributed by atoms with van der Waals surface area (Å²) < 4.78 is 11.0. The average molecular weight is 464 g/mol. The number of hydrogen-bond donors (Lipinski definition) is 3. The van der Waals surface area contributed by atoms with E-state index in [9.17, 15) is 14.7 Å². The summed E-state index contributed by atoms with van der Waals surface area (Å²) in [5.41, 5.74) is 3.57. The van der Waals surface area contributed by atoms with Gasteiger partial charge in [-0.05, 0) is 37.3 Å². The van der Waals surface area contributed by atoms with Crippen LogP contribution in [-0.2, 0) is 16.1 Å². The van der Waals surface area contributed by atoms with Crippen LogP contribution < -0.4 is 10.6 Å². The highest BCUT2D eigenvalue weighted by atomic mass is 16.6. The molecule has 8 heteroatoms. The first kappa shape index (κ1) is 23.5. The number of carboxylic acid groups (broad SMARTS) is 1. The Morgan fingerprint density at radius 2 is 1.85 bits per heavy atom. The molecule has 2 aromatic carbocycles. The van der Waals surface area contributed by atoms with Crippen molar-refractivity contribution in [2.24, 2.45) is 5.92 Å². The molecule has 3 aromatic rings. The molecule has 34 heavy (non-hydrogen) atoms. The molecule has 1 aromatic heterocycles. The van der Waals surface area contributed by atoms with E-state index in [0.717, 1.165) is 29.5 Å². The Labute approximate surface area is 198 Å². The van der Waals surface area contributed by atoms with Crippen LogP contribution in [0, 0.1) is 12.8 Å². The van der Waals surface area contributed by atoms with Crippen molar-refractivity contribution >= 4 is 17.7 Å². The number of carboxylic acids is 1. The summed E-state index contributed by atoms with van der Waals surface area (Å²) >= 11 is 0. The standard InChI is InChI=1S/C26H29N3O5/c1-16-23(28-26(32)33-17(2)20-6-4-3-5-7-20)24(34-29-16)21-12-10-19(11-13-21)15-27-22(25(30)31)14-18-8-9-18/h3-7,10-13,17-18,22,27H,8-9,14-15H2,1-2H3,(H,28,32)(H,30,31)/t17?,22-/m1/s1. The molecule has 8 nitrogen and oxygen atoms in total. The second-order valence-corrected chi connectivity index (χ2v) is 8.70. The summed E-state index contributed by atoms with van der Waals surface area (Å²) in [5.74, 6) is 0.141. The van der Waals surface area contributed by atoms with Gasteiger partial charge in [-0.2, -0.15) is 0 Å². The summed E-state index contributed by atoms with van der Waals surface area (Å²) in [7, 11) is 0. The van der Waals surface area contributed by atoms with Gasteiger partial charge in [0.1, 0.15) is 23.5 Å². The zero-order valence-corrected chi connectivity index (χ0v) is 19.3. The fourth-order valence-corrected chi connectivity index (χ4v) is 3.77. The zero-order chi connectivity index (χ0) is 24.1. The zero-order valence-electron chi connectivity index (χ0n) is 19.3. The number of nitrogens with zero attached hydrogens (tertiary/aromatic N) is 1. The van der Waals surface area contributed by atoms with Crippen LogP contribution in [0.5, 0.6) is 0 Å². The maximum Gasteiger partial charge on any atom is 0.412 e. The maximum atomic E-state index is 12.5. The van der Waals surface area contributed by atoms with E-state index in [-0.39, 0.29) is 0 Å². The number of benzene rings is 2. The van der Waals surface area contributed by atoms with Crippen molar-refractivity contribution < 1.29 is 24.0 Å². The minimum atomic E-state index is -0.815. The number of carbonyl (C=O) groups excluding carboxylic acids is 1. The van der Waals surface area contributed by atoms with Crippen LogP contribution in [0.1, 0.15) is 49.1 Å². The van der Waals surface area contributed by atoms with Gasteiger partial charge in [0, 0.05) is 12.1 Å². The van der Waals surface area contributed by atoms with E-state index in [1.165, 1.54) is 0 Å². The molecular weight excluding hydrogens is 434 g/mol. The molecule has 1 saturated carbocycles. The number of amides is 1. The molecule has 0 bridgehead atoms. The summed E-state index contributed by atoms with van der Waals surface area (Å²) in [6.07, 6.45) is 1.89. The fourth-order valence-electron chi connectivity index (χ4n) is 3.77. The van der Waals surface area contributed by atoms with Crippen molar-refractivity contribution in [2.75, 3.05) is 5.32 Å². The highest BCUT2D eigenvalue weighted by Crippen LogP contribution is 2.34. The van der Waals surface area contributed by atoms with Crippen LogP contribution in [0.2, 0.25) is 0 Å². The van der Waals surface area contributed by atoms with Crippen molar-refractivity contribution in [3.8, 4) is 11.3 Å². The Morgan fingerprint density at radius 3 is 2.50 bits per heavy atom. The van der Waals surface area contributed by atoms with Gasteiger partial charge in [0.25, 0.3) is 0 Å². The molecule has 1 unspecified atom stereocenters. The lowest BCUT2D eigenvalue weighted by atomic mass is 10.1. The Balaban J connectivity index is 1.39. The Morgan fingerprint density at radius 1 is 1.15 bits per heavy atom. The predicted octanol–water partition coefficient (Wildman–Crippen LogP) is 5.30. The largest absolute Gasteiger partial charge is 0.480 e. The molecule has 178 valence electrons. The quantitative estimate of drug-likeness (QED) is 0.374. The molecule has 0 radical (unpaired) electrons. The molecule has 1 aliphatic rings. The second-order valence-electron chi connectivity index (χ2n) is 8.70. The van der Waals surface area contributed by atoms with E-state index in [4.69, 9.17) is 9.26 Å². The van der Waals surface area contributed by atoms with Crippen LogP contribution in [0.15, 0.2) is 59.1 Å². The number of rotatable bonds is 10. The van der Waals surface area contributed by atoms with Gasteiger partial charge in [0.15, 0.2) is 5.76 Å². The third kappa shape index (κ3) is 6.02. The van der Waals surface area contributed by atoms with E-state index < -0.39 is 24.2 Å². The van der Waals surface area contributed by atoms with Gasteiger partial charge in [0.2, 0.25) is 0 Å². The number of carbonyl (C=O) groups is 2. The van der Waals surface area contributed by atoms with Gasteiger partial charge in [-0.3, -0.25) is 10.1 Å². The summed E-state index contributed by atoms with van der Waals surface area (Å²) in [5, 5.41) is 19.3. The molecule has 2 atom stereocenters. The van der Waals surface area contributed by atoms with E-state index in [1.54, 1.807) is 6.92 Å². The van der Waals surface area contributed by atoms with Gasteiger partial charge < -0.3 is 19.7 Å². The van der Waals surface area contributed by atoms with Gasteiger partial charge in [-0.15, -0.1) is 0 Å². The van der Waals surface area contributed by atoms with Crippen molar-refractivity contribution in [3.05, 3.63) is 71.4 Å². The molecule has 4 rings (SSSR count). The maximum absolute atomic E-state index is 12.5. The normalized spacial score (nSPS) is 14.9. The SMILES string of the molecule is Cc1noc(-c2ccc(CN[C@H](CC3CC3)C(=O)O)cc2)c1NC(=O)OC(C)c1ccccc1. The van der Waals surface area contributed by atoms with E-state index in [0.29, 0.717) is 36.0 Å². The van der Waals surface area contributed by atoms with Crippen LogP contribution in [0.4, 0.5) is 10.5 Å². The Hall–Kier alpha value is -3.65. The number of ether oxygens (including phenoxy) is 1. The Kier molecular flexibility index (Phi) is 7.27. The molecule has 0 saturated heterocycles. The smallest absolute Gasteiger partial charge is 0.412 e. The van der Waals surface area contributed by atoms with Crippen molar-refractivity contribution in [1.29, 1.82) is 0 Å². The lowest BCUT2D eigenvalue weighted by Crippen LogP contribution is -2.36. The van der Waals surface area contributed by atoms with Crippen LogP contribution >= 0.6 is 0 Å². The molecule has 0 spiro atoms. The lowest BCUT2D eigenvalue weighted by Gasteiger charge is -2.15. The minimum Gasteiger partial charge on any atom is -0.480 e. The molecule has 1 amide bonds. The molecular formula is C26H29N3O5. The van der Waals surface area contributed by atoms with Crippen molar-refractivity contribution in [2.45, 2.75) is 51.8 Å². The van der Waals surface area contributed by atoms with Crippen molar-refractivity contribution in [1.82, 2.24) is 10.5 Å². The summed E-state index contributed by atoms with van der Waals surface area (Å²) in [6, 6.07) is 16.5. The van der Waals surface area contributed by atoms with E-state index >= 15 is 0 Å². The van der Waals surface area contributed by atoms with Gasteiger partial charge in [-0.1, -0.05) is 72.6 Å². The molecule has 1 heterocycles. The topological polar surface area (TPSA) is 114 Å². The first-order valence-corrected chi connectivity index (χ1v) is 11.4. The molecule has 1 fully saturated rings. The third-order valence-electron chi connectivity index (χ3n) is 5.98. The lowest BCUT2D eigenvalue weighted by molar-refractivity contribution is -0.139. The van der Waals surface area contributed by atoms with Crippen molar-refractivity contribution in [3.63, 3.8) is 0 Å². The molecule has 1 aliphatic carbocycles. The monoisotopic (exact) mass is 463 g/mol. The van der Waals surface area contributed by atoms with Crippen LogP contribution in [-0.4, -0.2) is 28.4 Å². The van der Waals surface area contributed by atoms with Gasteiger partial charge in [-0.25, -0.2) is 4.79 Å². The highest BCUT2D eigenvalue weighted by Gasteiger charge is 2.28. The van der Waals surface area contributed by atoms with Crippen LogP contribution in [0.25, 0.3) is 11.3 Å². The summed E-state index contributed by atoms with van der Waals surface area (Å²) in [4.78, 5) is 24.0.